The van der Waals surface area contributed by atoms with E-state index in [1.165, 1.54) is 11.3 Å². The fourth-order valence-electron chi connectivity index (χ4n) is 1.49. The Morgan fingerprint density at radius 3 is 3.00 bits per heavy atom. The van der Waals surface area contributed by atoms with Gasteiger partial charge >= 0.3 is 4.87 Å². The van der Waals surface area contributed by atoms with Crippen LogP contribution in [0.15, 0.2) is 40.6 Å². The van der Waals surface area contributed by atoms with Gasteiger partial charge in [0.25, 0.3) is 0 Å². The normalized spacial score (nSPS) is 9.71. The Kier molecular flexibility index (Phi) is 3.76. The number of benzene rings is 1. The van der Waals surface area contributed by atoms with Crippen molar-refractivity contribution in [1.82, 2.24) is 4.57 Å². The molecule has 0 aliphatic heterocycles. The van der Waals surface area contributed by atoms with Crippen molar-refractivity contribution in [2.75, 3.05) is 6.61 Å². The van der Waals surface area contributed by atoms with Gasteiger partial charge in [-0.15, -0.1) is 0 Å². The molecule has 0 aliphatic rings. The minimum Gasteiger partial charge on any atom is -0.384 e. The van der Waals surface area contributed by atoms with Crippen LogP contribution in [0.5, 0.6) is 0 Å². The van der Waals surface area contributed by atoms with Crippen molar-refractivity contribution in [2.24, 2.45) is 0 Å². The molecule has 1 N–H and O–H groups in total. The Labute approximate surface area is 103 Å². The lowest BCUT2D eigenvalue weighted by Gasteiger charge is -2.02. The molecule has 1 aromatic carbocycles. The van der Waals surface area contributed by atoms with Gasteiger partial charge in [-0.1, -0.05) is 35.3 Å². The minimum absolute atomic E-state index is 0.0387. The van der Waals surface area contributed by atoms with Crippen molar-refractivity contribution < 1.29 is 5.11 Å². The molecule has 0 radical (unpaired) electrons. The third-order valence-corrected chi connectivity index (χ3v) is 2.93. The first-order valence-corrected chi connectivity index (χ1v) is 6.00. The van der Waals surface area contributed by atoms with Gasteiger partial charge in [0.15, 0.2) is 0 Å². The molecule has 4 heteroatoms. The second-order valence-corrected chi connectivity index (χ2v) is 4.31. The second kappa shape index (κ2) is 5.48. The summed E-state index contributed by atoms with van der Waals surface area (Å²) in [6.07, 6.45) is 1.78. The van der Waals surface area contributed by atoms with Gasteiger partial charge in [-0.2, -0.15) is 0 Å². The summed E-state index contributed by atoms with van der Waals surface area (Å²) in [5.74, 6) is 5.45. The van der Waals surface area contributed by atoms with E-state index in [2.05, 4.69) is 11.8 Å². The average Bonchev–Trinajstić information content (AvgIpc) is 2.73. The van der Waals surface area contributed by atoms with Crippen molar-refractivity contribution in [3.05, 3.63) is 56.6 Å². The van der Waals surface area contributed by atoms with E-state index in [1.807, 2.05) is 24.3 Å². The van der Waals surface area contributed by atoms with E-state index < -0.39 is 0 Å². The lowest BCUT2D eigenvalue weighted by atomic mass is 10.1. The molecular weight excluding hydrogens is 234 g/mol. The van der Waals surface area contributed by atoms with Crippen LogP contribution in [0.3, 0.4) is 0 Å². The summed E-state index contributed by atoms with van der Waals surface area (Å²) >= 11 is 1.19. The molecule has 0 unspecified atom stereocenters. The van der Waals surface area contributed by atoms with Gasteiger partial charge in [-0.25, -0.2) is 0 Å². The molecule has 0 atom stereocenters. The number of aromatic nitrogens is 1. The van der Waals surface area contributed by atoms with Crippen LogP contribution >= 0.6 is 11.3 Å². The Balaban J connectivity index is 2.22. The summed E-state index contributed by atoms with van der Waals surface area (Å²) in [4.78, 5) is 11.4. The van der Waals surface area contributed by atoms with E-state index in [0.29, 0.717) is 6.54 Å². The maximum absolute atomic E-state index is 11.4. The smallest absolute Gasteiger partial charge is 0.307 e. The van der Waals surface area contributed by atoms with E-state index >= 15 is 0 Å². The van der Waals surface area contributed by atoms with Gasteiger partial charge in [-0.05, 0) is 17.7 Å². The van der Waals surface area contributed by atoms with Crippen LogP contribution in [0.1, 0.15) is 11.1 Å². The van der Waals surface area contributed by atoms with Crippen LogP contribution < -0.4 is 4.87 Å². The molecule has 0 amide bonds. The zero-order valence-electron chi connectivity index (χ0n) is 9.09. The molecule has 0 saturated carbocycles. The monoisotopic (exact) mass is 245 g/mol. The zero-order chi connectivity index (χ0) is 12.1. The number of thiazole rings is 1. The lowest BCUT2D eigenvalue weighted by molar-refractivity contribution is 0.350. The maximum atomic E-state index is 11.4. The number of aliphatic hydroxyl groups is 1. The highest BCUT2D eigenvalue weighted by Crippen LogP contribution is 2.06. The zero-order valence-corrected chi connectivity index (χ0v) is 9.91. The van der Waals surface area contributed by atoms with Crippen molar-refractivity contribution in [1.29, 1.82) is 0 Å². The first-order valence-electron chi connectivity index (χ1n) is 5.12. The van der Waals surface area contributed by atoms with E-state index in [9.17, 15) is 4.79 Å². The van der Waals surface area contributed by atoms with Crippen LogP contribution in [0.2, 0.25) is 0 Å². The molecule has 0 aliphatic carbocycles. The van der Waals surface area contributed by atoms with E-state index in [4.69, 9.17) is 5.11 Å². The molecule has 17 heavy (non-hydrogen) atoms. The number of hydrogen-bond acceptors (Lipinski definition) is 3. The van der Waals surface area contributed by atoms with Crippen LogP contribution in [0.25, 0.3) is 0 Å². The number of nitrogens with zero attached hydrogens (tertiary/aromatic N) is 1. The van der Waals surface area contributed by atoms with Crippen LogP contribution in [0, 0.1) is 11.8 Å². The maximum Gasteiger partial charge on any atom is 0.307 e. The fourth-order valence-corrected chi connectivity index (χ4v) is 2.08. The topological polar surface area (TPSA) is 42.2 Å². The fraction of sp³-hybridized carbons (Fsp3) is 0.154. The molecule has 0 spiro atoms. The second-order valence-electron chi connectivity index (χ2n) is 3.46. The Morgan fingerprint density at radius 2 is 2.29 bits per heavy atom. The van der Waals surface area contributed by atoms with Crippen LogP contribution in [0.4, 0.5) is 0 Å². The lowest BCUT2D eigenvalue weighted by Crippen LogP contribution is -2.12. The van der Waals surface area contributed by atoms with Gasteiger partial charge in [-0.3, -0.25) is 4.79 Å². The summed E-state index contributed by atoms with van der Waals surface area (Å²) in [6, 6.07) is 7.65. The molecule has 0 saturated heterocycles. The van der Waals surface area contributed by atoms with Crippen LogP contribution in [-0.2, 0) is 6.54 Å². The Bertz CT molecular complexity index is 616. The quantitative estimate of drug-likeness (QED) is 0.810. The summed E-state index contributed by atoms with van der Waals surface area (Å²) < 4.78 is 1.66. The third-order valence-electron chi connectivity index (χ3n) is 2.24. The number of rotatable bonds is 2. The molecule has 1 aromatic heterocycles. The predicted molar refractivity (Wildman–Crippen MR) is 68.1 cm³/mol. The van der Waals surface area contributed by atoms with Gasteiger partial charge in [0.2, 0.25) is 0 Å². The van der Waals surface area contributed by atoms with E-state index in [-0.39, 0.29) is 11.5 Å². The first kappa shape index (κ1) is 11.6. The molecule has 2 aromatic rings. The predicted octanol–water partition coefficient (Wildman–Crippen LogP) is 1.30. The first-order chi connectivity index (χ1) is 8.29. The minimum atomic E-state index is -0.145. The SMILES string of the molecule is O=c1sccn1Cc1cccc(C#CCO)c1. The molecule has 0 fully saturated rings. The average molecular weight is 245 g/mol. The summed E-state index contributed by atoms with van der Waals surface area (Å²) in [5, 5.41) is 10.4. The molecular formula is C13H11NO2S. The van der Waals surface area contributed by atoms with Crippen LogP contribution in [-0.4, -0.2) is 16.3 Å². The number of aliphatic hydroxyl groups excluding tert-OH is 1. The highest BCUT2D eigenvalue weighted by atomic mass is 32.1. The van der Waals surface area contributed by atoms with Crippen molar-refractivity contribution in [3.8, 4) is 11.8 Å². The molecule has 1 heterocycles. The third kappa shape index (κ3) is 3.06. The highest BCUT2D eigenvalue weighted by molar-refractivity contribution is 7.07. The Morgan fingerprint density at radius 1 is 1.41 bits per heavy atom. The van der Waals surface area contributed by atoms with Crippen molar-refractivity contribution >= 4 is 11.3 Å². The standard InChI is InChI=1S/C13H11NO2S/c15-7-2-5-11-3-1-4-12(9-11)10-14-6-8-17-13(14)16/h1,3-4,6,8-9,15H,7,10H2. The summed E-state index contributed by atoms with van der Waals surface area (Å²) in [7, 11) is 0. The van der Waals surface area contributed by atoms with Gasteiger partial charge in [0.1, 0.15) is 6.61 Å². The number of hydrogen-bond donors (Lipinski definition) is 1. The van der Waals surface area contributed by atoms with Crippen molar-refractivity contribution in [3.63, 3.8) is 0 Å². The molecule has 2 rings (SSSR count). The Hall–Kier alpha value is -1.83. The van der Waals surface area contributed by atoms with Gasteiger partial charge in [0, 0.05) is 17.1 Å². The van der Waals surface area contributed by atoms with E-state index in [0.717, 1.165) is 11.1 Å². The van der Waals surface area contributed by atoms with Crippen molar-refractivity contribution in [2.45, 2.75) is 6.54 Å². The molecule has 0 bridgehead atoms. The molecule has 3 nitrogen and oxygen atoms in total. The van der Waals surface area contributed by atoms with Gasteiger partial charge < -0.3 is 9.67 Å². The van der Waals surface area contributed by atoms with E-state index in [1.54, 1.807) is 16.1 Å². The van der Waals surface area contributed by atoms with Gasteiger partial charge in [0.05, 0.1) is 6.54 Å². The summed E-state index contributed by atoms with van der Waals surface area (Å²) in [6.45, 7) is 0.408. The largest absolute Gasteiger partial charge is 0.384 e. The highest BCUT2D eigenvalue weighted by Gasteiger charge is 1.99. The summed E-state index contributed by atoms with van der Waals surface area (Å²) in [5.41, 5.74) is 1.87. The molecule has 86 valence electrons.